The van der Waals surface area contributed by atoms with Crippen LogP contribution in [-0.2, 0) is 10.5 Å². The van der Waals surface area contributed by atoms with Gasteiger partial charge in [0.2, 0.25) is 5.76 Å². The molecule has 0 unspecified atom stereocenters. The third-order valence-electron chi connectivity index (χ3n) is 1.83. The molecule has 0 saturated carbocycles. The van der Waals surface area contributed by atoms with E-state index in [0.29, 0.717) is 5.41 Å². The molecule has 0 aliphatic heterocycles. The summed E-state index contributed by atoms with van der Waals surface area (Å²) in [4.78, 5) is 11.1. The number of hydrogen-bond acceptors (Lipinski definition) is 4. The number of furan rings is 1. The Morgan fingerprint density at radius 3 is 2.69 bits per heavy atom. The van der Waals surface area contributed by atoms with Crippen molar-refractivity contribution >= 4 is 17.7 Å². The molecule has 0 N–H and O–H groups in total. The van der Waals surface area contributed by atoms with Crippen molar-refractivity contribution in [3.63, 3.8) is 0 Å². The summed E-state index contributed by atoms with van der Waals surface area (Å²) in [6.45, 7) is 6.59. The van der Waals surface area contributed by atoms with E-state index in [1.807, 2.05) is 6.07 Å². The number of rotatable bonds is 4. The fourth-order valence-corrected chi connectivity index (χ4v) is 2.19. The van der Waals surface area contributed by atoms with Crippen LogP contribution in [0.2, 0.25) is 0 Å². The lowest BCUT2D eigenvalue weighted by Crippen LogP contribution is -2.08. The summed E-state index contributed by atoms with van der Waals surface area (Å²) in [5.74, 6) is 2.51. The fourth-order valence-electron chi connectivity index (χ4n) is 1.12. The first-order valence-electron chi connectivity index (χ1n) is 5.17. The molecule has 3 nitrogen and oxygen atoms in total. The van der Waals surface area contributed by atoms with Gasteiger partial charge in [-0.3, -0.25) is 0 Å². The van der Waals surface area contributed by atoms with E-state index in [0.717, 1.165) is 17.3 Å². The summed E-state index contributed by atoms with van der Waals surface area (Å²) < 4.78 is 9.92. The number of thioether (sulfide) groups is 1. The smallest absolute Gasteiger partial charge is 0.373 e. The summed E-state index contributed by atoms with van der Waals surface area (Å²) >= 11 is 1.80. The summed E-state index contributed by atoms with van der Waals surface area (Å²) in [6.07, 6.45) is 0. The Morgan fingerprint density at radius 1 is 1.44 bits per heavy atom. The standard InChI is InChI=1S/C12H18O3S/c1-12(2,3)8-16-7-9-5-6-10(15-9)11(13)14-4/h5-6H,7-8H2,1-4H3. The van der Waals surface area contributed by atoms with Crippen molar-refractivity contribution in [2.24, 2.45) is 5.41 Å². The van der Waals surface area contributed by atoms with Gasteiger partial charge in [-0.1, -0.05) is 20.8 Å². The lowest BCUT2D eigenvalue weighted by molar-refractivity contribution is 0.0563. The lowest BCUT2D eigenvalue weighted by atomic mass is 10.0. The maximum Gasteiger partial charge on any atom is 0.373 e. The van der Waals surface area contributed by atoms with Crippen molar-refractivity contribution < 1.29 is 13.9 Å². The molecule has 0 aliphatic carbocycles. The van der Waals surface area contributed by atoms with Crippen molar-refractivity contribution in [3.05, 3.63) is 23.7 Å². The van der Waals surface area contributed by atoms with Gasteiger partial charge in [0, 0.05) is 0 Å². The van der Waals surface area contributed by atoms with Gasteiger partial charge in [-0.25, -0.2) is 4.79 Å². The molecule has 0 saturated heterocycles. The maximum atomic E-state index is 11.1. The van der Waals surface area contributed by atoms with Crippen LogP contribution in [0.25, 0.3) is 0 Å². The molecule has 0 amide bonds. The van der Waals surface area contributed by atoms with E-state index in [-0.39, 0.29) is 5.76 Å². The first-order valence-corrected chi connectivity index (χ1v) is 6.32. The van der Waals surface area contributed by atoms with Gasteiger partial charge in [-0.2, -0.15) is 11.8 Å². The molecule has 0 aliphatic rings. The first-order chi connectivity index (χ1) is 7.42. The van der Waals surface area contributed by atoms with E-state index >= 15 is 0 Å². The number of carbonyl (C=O) groups excluding carboxylic acids is 1. The number of ether oxygens (including phenoxy) is 1. The minimum atomic E-state index is -0.424. The molecule has 16 heavy (non-hydrogen) atoms. The van der Waals surface area contributed by atoms with E-state index in [9.17, 15) is 4.79 Å². The van der Waals surface area contributed by atoms with E-state index in [1.165, 1.54) is 7.11 Å². The van der Waals surface area contributed by atoms with Gasteiger partial charge in [0.15, 0.2) is 0 Å². The minimum Gasteiger partial charge on any atom is -0.463 e. The minimum absolute atomic E-state index is 0.272. The molecule has 0 bridgehead atoms. The van der Waals surface area contributed by atoms with E-state index < -0.39 is 5.97 Å². The fraction of sp³-hybridized carbons (Fsp3) is 0.583. The Labute approximate surface area is 101 Å². The number of methoxy groups -OCH3 is 1. The second kappa shape index (κ2) is 5.43. The largest absolute Gasteiger partial charge is 0.463 e. The Balaban J connectivity index is 2.44. The zero-order valence-electron chi connectivity index (χ0n) is 10.2. The number of carbonyl (C=O) groups is 1. The Bertz CT molecular complexity index is 349. The lowest BCUT2D eigenvalue weighted by Gasteiger charge is -2.16. The van der Waals surface area contributed by atoms with Crippen molar-refractivity contribution in [2.75, 3.05) is 12.9 Å². The molecule has 0 aromatic carbocycles. The third-order valence-corrected chi connectivity index (χ3v) is 3.39. The third kappa shape index (κ3) is 4.31. The Hall–Kier alpha value is -0.900. The Morgan fingerprint density at radius 2 is 2.12 bits per heavy atom. The molecule has 1 aromatic rings. The summed E-state index contributed by atoms with van der Waals surface area (Å²) in [5.41, 5.74) is 0.308. The second-order valence-electron chi connectivity index (χ2n) is 4.81. The maximum absolute atomic E-state index is 11.1. The SMILES string of the molecule is COC(=O)c1ccc(CSCC(C)(C)C)o1. The molecule has 1 heterocycles. The van der Waals surface area contributed by atoms with Gasteiger partial charge < -0.3 is 9.15 Å². The topological polar surface area (TPSA) is 39.4 Å². The van der Waals surface area contributed by atoms with Gasteiger partial charge in [0.05, 0.1) is 12.9 Å². The van der Waals surface area contributed by atoms with E-state index in [1.54, 1.807) is 17.8 Å². The second-order valence-corrected chi connectivity index (χ2v) is 5.80. The zero-order chi connectivity index (χ0) is 12.2. The number of esters is 1. The predicted octanol–water partition coefficient (Wildman–Crippen LogP) is 3.35. The molecule has 1 rings (SSSR count). The molecule has 0 spiro atoms. The van der Waals surface area contributed by atoms with Gasteiger partial charge >= 0.3 is 5.97 Å². The quantitative estimate of drug-likeness (QED) is 0.759. The highest BCUT2D eigenvalue weighted by atomic mass is 32.2. The summed E-state index contributed by atoms with van der Waals surface area (Å²) in [7, 11) is 1.35. The van der Waals surface area contributed by atoms with Crippen LogP contribution in [0.1, 0.15) is 37.1 Å². The highest BCUT2D eigenvalue weighted by molar-refractivity contribution is 7.98. The van der Waals surface area contributed by atoms with Crippen LogP contribution in [-0.4, -0.2) is 18.8 Å². The number of hydrogen-bond donors (Lipinski definition) is 0. The van der Waals surface area contributed by atoms with Crippen LogP contribution in [0.3, 0.4) is 0 Å². The normalized spacial score (nSPS) is 11.5. The van der Waals surface area contributed by atoms with E-state index in [4.69, 9.17) is 4.42 Å². The van der Waals surface area contributed by atoms with Crippen molar-refractivity contribution in [1.82, 2.24) is 0 Å². The van der Waals surface area contributed by atoms with Crippen molar-refractivity contribution in [2.45, 2.75) is 26.5 Å². The summed E-state index contributed by atoms with van der Waals surface area (Å²) in [6, 6.07) is 3.47. The van der Waals surface area contributed by atoms with E-state index in [2.05, 4.69) is 25.5 Å². The van der Waals surface area contributed by atoms with Gasteiger partial charge in [-0.15, -0.1) is 0 Å². The van der Waals surface area contributed by atoms with Gasteiger partial charge in [-0.05, 0) is 23.3 Å². The van der Waals surface area contributed by atoms with Gasteiger partial charge in [0.25, 0.3) is 0 Å². The highest BCUT2D eigenvalue weighted by Crippen LogP contribution is 2.24. The molecule has 0 atom stereocenters. The molecule has 1 aromatic heterocycles. The predicted molar refractivity (Wildman–Crippen MR) is 65.7 cm³/mol. The molecule has 0 fully saturated rings. The molecular weight excluding hydrogens is 224 g/mol. The van der Waals surface area contributed by atoms with Crippen LogP contribution >= 0.6 is 11.8 Å². The van der Waals surface area contributed by atoms with Gasteiger partial charge in [0.1, 0.15) is 5.76 Å². The average Bonchev–Trinajstić information content (AvgIpc) is 2.63. The van der Waals surface area contributed by atoms with Crippen LogP contribution < -0.4 is 0 Å². The monoisotopic (exact) mass is 242 g/mol. The molecular formula is C12H18O3S. The van der Waals surface area contributed by atoms with Crippen molar-refractivity contribution in [3.8, 4) is 0 Å². The molecule has 4 heteroatoms. The zero-order valence-corrected chi connectivity index (χ0v) is 11.0. The van der Waals surface area contributed by atoms with Crippen LogP contribution in [0, 0.1) is 5.41 Å². The molecule has 90 valence electrons. The van der Waals surface area contributed by atoms with Crippen molar-refractivity contribution in [1.29, 1.82) is 0 Å². The average molecular weight is 242 g/mol. The van der Waals surface area contributed by atoms with Crippen LogP contribution in [0.15, 0.2) is 16.5 Å². The van der Waals surface area contributed by atoms with Crippen LogP contribution in [0.5, 0.6) is 0 Å². The highest BCUT2D eigenvalue weighted by Gasteiger charge is 2.13. The van der Waals surface area contributed by atoms with Crippen LogP contribution in [0.4, 0.5) is 0 Å². The Kier molecular flexibility index (Phi) is 4.47. The summed E-state index contributed by atoms with van der Waals surface area (Å²) in [5, 5.41) is 0. The first kappa shape index (κ1) is 13.2. The molecule has 0 radical (unpaired) electrons.